The zero-order chi connectivity index (χ0) is 15.5. The molecule has 1 aromatic heterocycles. The predicted octanol–water partition coefficient (Wildman–Crippen LogP) is 4.09. The first-order valence-corrected chi connectivity index (χ1v) is 6.14. The standard InChI is InChI=1S/C13H10ClF3N2O2/c1-20-7-8-3-2-4-9(5-8)21-11-6-10(13(15,16)17)18-12(14)19-11/h2-6H,7H2,1H3. The normalized spacial score (nSPS) is 11.5. The first-order chi connectivity index (χ1) is 9.88. The third-order valence-electron chi connectivity index (χ3n) is 2.40. The lowest BCUT2D eigenvalue weighted by Crippen LogP contribution is -2.09. The summed E-state index contributed by atoms with van der Waals surface area (Å²) in [5.74, 6) is 0.0457. The van der Waals surface area contributed by atoms with Crippen molar-refractivity contribution in [3.05, 3.63) is 46.9 Å². The largest absolute Gasteiger partial charge is 0.439 e. The smallest absolute Gasteiger partial charge is 0.433 e. The average molecular weight is 319 g/mol. The number of methoxy groups -OCH3 is 1. The fourth-order valence-electron chi connectivity index (χ4n) is 1.58. The van der Waals surface area contributed by atoms with Gasteiger partial charge in [0.1, 0.15) is 5.75 Å². The molecular weight excluding hydrogens is 309 g/mol. The quantitative estimate of drug-likeness (QED) is 0.797. The molecule has 0 unspecified atom stereocenters. The second kappa shape index (κ2) is 6.28. The van der Waals surface area contributed by atoms with Crippen molar-refractivity contribution < 1.29 is 22.6 Å². The highest BCUT2D eigenvalue weighted by molar-refractivity contribution is 6.28. The molecule has 1 heterocycles. The Morgan fingerprint density at radius 2 is 1.95 bits per heavy atom. The molecular formula is C13H10ClF3N2O2. The predicted molar refractivity (Wildman–Crippen MR) is 69.3 cm³/mol. The monoisotopic (exact) mass is 318 g/mol. The van der Waals surface area contributed by atoms with E-state index in [4.69, 9.17) is 21.1 Å². The van der Waals surface area contributed by atoms with Crippen molar-refractivity contribution in [2.75, 3.05) is 7.11 Å². The molecule has 0 saturated heterocycles. The van der Waals surface area contributed by atoms with Crippen molar-refractivity contribution in [3.63, 3.8) is 0 Å². The van der Waals surface area contributed by atoms with Crippen molar-refractivity contribution in [1.29, 1.82) is 0 Å². The Kier molecular flexibility index (Phi) is 4.64. The summed E-state index contributed by atoms with van der Waals surface area (Å²) in [6.07, 6.45) is -4.62. The molecule has 0 aliphatic heterocycles. The SMILES string of the molecule is COCc1cccc(Oc2cc(C(F)(F)F)nc(Cl)n2)c1. The molecule has 0 saturated carbocycles. The Hall–Kier alpha value is -1.86. The highest BCUT2D eigenvalue weighted by atomic mass is 35.5. The Balaban J connectivity index is 2.27. The van der Waals surface area contributed by atoms with E-state index in [0.717, 1.165) is 5.56 Å². The molecule has 4 nitrogen and oxygen atoms in total. The number of ether oxygens (including phenoxy) is 2. The number of aromatic nitrogens is 2. The van der Waals surface area contributed by atoms with Gasteiger partial charge in [0.2, 0.25) is 11.2 Å². The summed E-state index contributed by atoms with van der Waals surface area (Å²) >= 11 is 5.48. The van der Waals surface area contributed by atoms with Crippen LogP contribution in [-0.4, -0.2) is 17.1 Å². The fraction of sp³-hybridized carbons (Fsp3) is 0.231. The Labute approximate surface area is 123 Å². The highest BCUT2D eigenvalue weighted by Crippen LogP contribution is 2.31. The van der Waals surface area contributed by atoms with Gasteiger partial charge in [-0.15, -0.1) is 0 Å². The summed E-state index contributed by atoms with van der Waals surface area (Å²) in [4.78, 5) is 6.74. The molecule has 0 atom stereocenters. The van der Waals surface area contributed by atoms with Gasteiger partial charge in [0.25, 0.3) is 0 Å². The van der Waals surface area contributed by atoms with Crippen molar-refractivity contribution >= 4 is 11.6 Å². The molecule has 0 N–H and O–H groups in total. The van der Waals surface area contributed by atoms with Crippen molar-refractivity contribution in [2.24, 2.45) is 0 Å². The molecule has 0 bridgehead atoms. The van der Waals surface area contributed by atoms with Gasteiger partial charge in [-0.05, 0) is 29.3 Å². The van der Waals surface area contributed by atoms with E-state index < -0.39 is 17.2 Å². The van der Waals surface area contributed by atoms with E-state index in [9.17, 15) is 13.2 Å². The first kappa shape index (κ1) is 15.5. The van der Waals surface area contributed by atoms with Gasteiger partial charge in [0.15, 0.2) is 5.69 Å². The van der Waals surface area contributed by atoms with Gasteiger partial charge in [-0.25, -0.2) is 4.98 Å². The van der Waals surface area contributed by atoms with E-state index in [1.54, 1.807) is 24.3 Å². The van der Waals surface area contributed by atoms with Gasteiger partial charge in [0, 0.05) is 13.2 Å². The van der Waals surface area contributed by atoms with Crippen LogP contribution in [0.15, 0.2) is 30.3 Å². The van der Waals surface area contributed by atoms with Crippen LogP contribution in [0.5, 0.6) is 11.6 Å². The molecule has 8 heteroatoms. The molecule has 21 heavy (non-hydrogen) atoms. The summed E-state index contributed by atoms with van der Waals surface area (Å²) in [5.41, 5.74) is -0.350. The maximum absolute atomic E-state index is 12.6. The van der Waals surface area contributed by atoms with Gasteiger partial charge in [-0.3, -0.25) is 0 Å². The van der Waals surface area contributed by atoms with Crippen LogP contribution in [0.1, 0.15) is 11.3 Å². The van der Waals surface area contributed by atoms with Crippen LogP contribution in [0.2, 0.25) is 5.28 Å². The van der Waals surface area contributed by atoms with Crippen LogP contribution in [0.25, 0.3) is 0 Å². The van der Waals surface area contributed by atoms with Crippen LogP contribution in [0.4, 0.5) is 13.2 Å². The maximum Gasteiger partial charge on any atom is 0.433 e. The van der Waals surface area contributed by atoms with Gasteiger partial charge in [-0.2, -0.15) is 18.2 Å². The minimum absolute atomic E-state index is 0.281. The summed E-state index contributed by atoms with van der Waals surface area (Å²) in [6.45, 7) is 0.357. The van der Waals surface area contributed by atoms with E-state index in [-0.39, 0.29) is 5.88 Å². The van der Waals surface area contributed by atoms with E-state index in [2.05, 4.69) is 9.97 Å². The molecule has 1 aromatic carbocycles. The summed E-state index contributed by atoms with van der Waals surface area (Å²) in [5, 5.41) is -0.534. The Morgan fingerprint density at radius 3 is 2.62 bits per heavy atom. The van der Waals surface area contributed by atoms with E-state index in [0.29, 0.717) is 18.4 Å². The van der Waals surface area contributed by atoms with Gasteiger partial charge in [-0.1, -0.05) is 12.1 Å². The van der Waals surface area contributed by atoms with Crippen LogP contribution in [0.3, 0.4) is 0 Å². The number of rotatable bonds is 4. The molecule has 0 aliphatic carbocycles. The second-order valence-corrected chi connectivity index (χ2v) is 4.38. The Bertz CT molecular complexity index is 635. The van der Waals surface area contributed by atoms with Crippen LogP contribution in [0, 0.1) is 0 Å². The first-order valence-electron chi connectivity index (χ1n) is 5.76. The number of halogens is 4. The third kappa shape index (κ3) is 4.30. The number of nitrogens with zero attached hydrogens (tertiary/aromatic N) is 2. The summed E-state index contributed by atoms with van der Waals surface area (Å²) < 4.78 is 48.1. The van der Waals surface area contributed by atoms with Gasteiger partial charge < -0.3 is 9.47 Å². The second-order valence-electron chi connectivity index (χ2n) is 4.04. The van der Waals surface area contributed by atoms with Gasteiger partial charge in [0.05, 0.1) is 6.61 Å². The molecule has 112 valence electrons. The molecule has 0 aliphatic rings. The summed E-state index contributed by atoms with van der Waals surface area (Å²) in [6, 6.07) is 7.39. The molecule has 2 rings (SSSR count). The lowest BCUT2D eigenvalue weighted by molar-refractivity contribution is -0.141. The van der Waals surface area contributed by atoms with E-state index in [1.165, 1.54) is 7.11 Å². The van der Waals surface area contributed by atoms with Gasteiger partial charge >= 0.3 is 6.18 Å². The topological polar surface area (TPSA) is 44.2 Å². The minimum atomic E-state index is -4.62. The van der Waals surface area contributed by atoms with Crippen molar-refractivity contribution in [3.8, 4) is 11.6 Å². The fourth-order valence-corrected chi connectivity index (χ4v) is 1.75. The average Bonchev–Trinajstić information content (AvgIpc) is 2.38. The van der Waals surface area contributed by atoms with E-state index >= 15 is 0 Å². The number of benzene rings is 1. The molecule has 0 amide bonds. The zero-order valence-electron chi connectivity index (χ0n) is 10.8. The highest BCUT2D eigenvalue weighted by Gasteiger charge is 2.34. The van der Waals surface area contributed by atoms with Crippen molar-refractivity contribution in [2.45, 2.75) is 12.8 Å². The lowest BCUT2D eigenvalue weighted by atomic mass is 10.2. The molecule has 0 fully saturated rings. The number of alkyl halides is 3. The van der Waals surface area contributed by atoms with Crippen LogP contribution >= 0.6 is 11.6 Å². The number of hydrogen-bond donors (Lipinski definition) is 0. The molecule has 0 radical (unpaired) electrons. The number of hydrogen-bond acceptors (Lipinski definition) is 4. The maximum atomic E-state index is 12.6. The van der Waals surface area contributed by atoms with E-state index in [1.807, 2.05) is 0 Å². The zero-order valence-corrected chi connectivity index (χ0v) is 11.6. The van der Waals surface area contributed by atoms with Crippen LogP contribution in [-0.2, 0) is 17.5 Å². The van der Waals surface area contributed by atoms with Crippen molar-refractivity contribution in [1.82, 2.24) is 9.97 Å². The molecule has 2 aromatic rings. The summed E-state index contributed by atoms with van der Waals surface area (Å²) in [7, 11) is 1.54. The Morgan fingerprint density at radius 1 is 1.19 bits per heavy atom. The molecule has 0 spiro atoms. The minimum Gasteiger partial charge on any atom is -0.439 e. The van der Waals surface area contributed by atoms with Crippen LogP contribution < -0.4 is 4.74 Å². The lowest BCUT2D eigenvalue weighted by Gasteiger charge is -2.10. The third-order valence-corrected chi connectivity index (χ3v) is 2.57.